The first-order valence-corrected chi connectivity index (χ1v) is 9.85. The van der Waals surface area contributed by atoms with E-state index >= 15 is 0 Å². The van der Waals surface area contributed by atoms with Gasteiger partial charge >= 0.3 is 0 Å². The summed E-state index contributed by atoms with van der Waals surface area (Å²) >= 11 is 0. The Morgan fingerprint density at radius 2 is 2.00 bits per heavy atom. The van der Waals surface area contributed by atoms with Crippen LogP contribution in [0.15, 0.2) is 54.7 Å². The lowest BCUT2D eigenvalue weighted by Gasteiger charge is -2.10. The Labute approximate surface area is 183 Å². The third kappa shape index (κ3) is 4.29. The first-order chi connectivity index (χ1) is 15.6. The molecule has 162 valence electrons. The number of halogens is 1. The number of H-pyrrole nitrogens is 1. The van der Waals surface area contributed by atoms with E-state index in [0.29, 0.717) is 34.5 Å². The Morgan fingerprint density at radius 1 is 1.12 bits per heavy atom. The van der Waals surface area contributed by atoms with Crippen molar-refractivity contribution in [3.8, 4) is 11.5 Å². The molecule has 2 aromatic heterocycles. The summed E-state index contributed by atoms with van der Waals surface area (Å²) in [5, 5.41) is 10.8. The fourth-order valence-electron chi connectivity index (χ4n) is 3.34. The normalized spacial score (nSPS) is 11.1. The second kappa shape index (κ2) is 9.30. The standard InChI is InChI=1S/C24H21FN4O3/c1-31-21-13-15(6-9-18(21)25)7-10-19-22-20(29-28-19)11-8-17(23(22)32-2)24(30)27-14-16-5-3-4-12-26-16/h3-13H,14H2,1-2H3,(H,27,30)(H,28,29)/b10-7+. The average molecular weight is 432 g/mol. The SMILES string of the molecule is COc1cc(/C=C/c2[nH]nc3ccc(C(=O)NCc4ccccn4)c(OC)c23)ccc1F. The van der Waals surface area contributed by atoms with Crippen LogP contribution in [0.25, 0.3) is 23.1 Å². The van der Waals surface area contributed by atoms with Crippen LogP contribution >= 0.6 is 0 Å². The first kappa shape index (κ1) is 21.0. The summed E-state index contributed by atoms with van der Waals surface area (Å²) in [5.41, 5.74) is 3.19. The highest BCUT2D eigenvalue weighted by Gasteiger charge is 2.19. The van der Waals surface area contributed by atoms with Gasteiger partial charge in [0.1, 0.15) is 5.75 Å². The van der Waals surface area contributed by atoms with Crippen molar-refractivity contribution in [2.75, 3.05) is 14.2 Å². The molecule has 0 aliphatic rings. The van der Waals surface area contributed by atoms with Gasteiger partial charge in [0.15, 0.2) is 11.6 Å². The van der Waals surface area contributed by atoms with E-state index < -0.39 is 5.82 Å². The van der Waals surface area contributed by atoms with Crippen molar-refractivity contribution < 1.29 is 18.7 Å². The van der Waals surface area contributed by atoms with Crippen LogP contribution < -0.4 is 14.8 Å². The largest absolute Gasteiger partial charge is 0.495 e. The van der Waals surface area contributed by atoms with E-state index in [9.17, 15) is 9.18 Å². The first-order valence-electron chi connectivity index (χ1n) is 9.85. The van der Waals surface area contributed by atoms with Gasteiger partial charge in [-0.25, -0.2) is 4.39 Å². The monoisotopic (exact) mass is 432 g/mol. The van der Waals surface area contributed by atoms with Gasteiger partial charge in [0.05, 0.1) is 48.6 Å². The number of pyridine rings is 1. The number of ether oxygens (including phenoxy) is 2. The van der Waals surface area contributed by atoms with Crippen molar-refractivity contribution in [2.45, 2.75) is 6.54 Å². The number of benzene rings is 2. The molecule has 0 unspecified atom stereocenters. The molecule has 0 saturated heterocycles. The number of carbonyl (C=O) groups is 1. The predicted octanol–water partition coefficient (Wildman–Crippen LogP) is 4.21. The lowest BCUT2D eigenvalue weighted by atomic mass is 10.1. The molecule has 0 atom stereocenters. The number of amides is 1. The van der Waals surface area contributed by atoms with Gasteiger partial charge in [-0.1, -0.05) is 18.2 Å². The Kier molecular flexibility index (Phi) is 6.12. The molecule has 0 aliphatic heterocycles. The summed E-state index contributed by atoms with van der Waals surface area (Å²) in [5.74, 6) is -0.148. The zero-order chi connectivity index (χ0) is 22.5. The number of fused-ring (bicyclic) bond motifs is 1. The second-order valence-corrected chi connectivity index (χ2v) is 6.91. The number of hydrogen-bond donors (Lipinski definition) is 2. The highest BCUT2D eigenvalue weighted by Crippen LogP contribution is 2.32. The Bertz CT molecular complexity index is 1290. The molecule has 0 saturated carbocycles. The zero-order valence-corrected chi connectivity index (χ0v) is 17.6. The molecular weight excluding hydrogens is 411 g/mol. The number of nitrogens with one attached hydrogen (secondary N) is 2. The lowest BCUT2D eigenvalue weighted by Crippen LogP contribution is -2.23. The summed E-state index contributed by atoms with van der Waals surface area (Å²) in [7, 11) is 2.93. The van der Waals surface area contributed by atoms with Gasteiger partial charge in [-0.15, -0.1) is 0 Å². The van der Waals surface area contributed by atoms with Crippen molar-refractivity contribution in [2.24, 2.45) is 0 Å². The number of aromatic nitrogens is 3. The van der Waals surface area contributed by atoms with Gasteiger partial charge in [-0.3, -0.25) is 14.9 Å². The summed E-state index contributed by atoms with van der Waals surface area (Å²) in [6.45, 7) is 0.297. The molecule has 4 aromatic rings. The summed E-state index contributed by atoms with van der Waals surface area (Å²) in [6.07, 6.45) is 5.26. The van der Waals surface area contributed by atoms with Gasteiger partial charge < -0.3 is 14.8 Å². The third-order valence-corrected chi connectivity index (χ3v) is 4.92. The highest BCUT2D eigenvalue weighted by atomic mass is 19.1. The van der Waals surface area contributed by atoms with Crippen molar-refractivity contribution >= 4 is 29.0 Å². The Balaban J connectivity index is 1.64. The zero-order valence-electron chi connectivity index (χ0n) is 17.6. The topological polar surface area (TPSA) is 89.1 Å². The van der Waals surface area contributed by atoms with E-state index in [-0.39, 0.29) is 11.7 Å². The van der Waals surface area contributed by atoms with E-state index in [1.54, 1.807) is 42.6 Å². The van der Waals surface area contributed by atoms with Crippen molar-refractivity contribution in [3.05, 3.63) is 83.1 Å². The van der Waals surface area contributed by atoms with E-state index in [0.717, 1.165) is 11.3 Å². The minimum Gasteiger partial charge on any atom is -0.495 e. The van der Waals surface area contributed by atoms with Crippen LogP contribution in [0.1, 0.15) is 27.3 Å². The third-order valence-electron chi connectivity index (χ3n) is 4.92. The van der Waals surface area contributed by atoms with Crippen LogP contribution in [0.2, 0.25) is 0 Å². The molecule has 7 nitrogen and oxygen atoms in total. The lowest BCUT2D eigenvalue weighted by molar-refractivity contribution is 0.0947. The summed E-state index contributed by atoms with van der Waals surface area (Å²) in [6, 6.07) is 13.5. The molecule has 4 rings (SSSR count). The fourth-order valence-corrected chi connectivity index (χ4v) is 3.34. The molecule has 32 heavy (non-hydrogen) atoms. The number of carbonyl (C=O) groups excluding carboxylic acids is 1. The number of hydrogen-bond acceptors (Lipinski definition) is 5. The fraction of sp³-hybridized carbons (Fsp3) is 0.125. The molecule has 8 heteroatoms. The number of rotatable bonds is 7. The van der Waals surface area contributed by atoms with Gasteiger partial charge in [0.2, 0.25) is 0 Å². The second-order valence-electron chi connectivity index (χ2n) is 6.91. The molecule has 2 N–H and O–H groups in total. The highest BCUT2D eigenvalue weighted by molar-refractivity contribution is 6.05. The van der Waals surface area contributed by atoms with Crippen molar-refractivity contribution in [3.63, 3.8) is 0 Å². The van der Waals surface area contributed by atoms with Gasteiger partial charge in [0, 0.05) is 6.20 Å². The van der Waals surface area contributed by atoms with Crippen LogP contribution in [0.4, 0.5) is 4.39 Å². The number of methoxy groups -OCH3 is 2. The van der Waals surface area contributed by atoms with E-state index in [4.69, 9.17) is 9.47 Å². The maximum Gasteiger partial charge on any atom is 0.255 e. The molecular formula is C24H21FN4O3. The van der Waals surface area contributed by atoms with E-state index in [1.807, 2.05) is 18.2 Å². The molecule has 0 spiro atoms. The quantitative estimate of drug-likeness (QED) is 0.457. The molecule has 0 bridgehead atoms. The predicted molar refractivity (Wildman–Crippen MR) is 120 cm³/mol. The number of aromatic amines is 1. The molecule has 0 fully saturated rings. The van der Waals surface area contributed by atoms with E-state index in [1.165, 1.54) is 20.3 Å². The van der Waals surface area contributed by atoms with Gasteiger partial charge in [-0.05, 0) is 48.0 Å². The molecule has 2 aromatic carbocycles. The van der Waals surface area contributed by atoms with Crippen LogP contribution in [0.5, 0.6) is 11.5 Å². The van der Waals surface area contributed by atoms with Crippen LogP contribution in [0.3, 0.4) is 0 Å². The maximum absolute atomic E-state index is 13.7. The Hall–Kier alpha value is -4.20. The molecule has 1 amide bonds. The number of nitrogens with zero attached hydrogens (tertiary/aromatic N) is 2. The molecule has 2 heterocycles. The van der Waals surface area contributed by atoms with Crippen molar-refractivity contribution in [1.29, 1.82) is 0 Å². The maximum atomic E-state index is 13.7. The average Bonchev–Trinajstić information content (AvgIpc) is 3.25. The minimum atomic E-state index is -0.431. The van der Waals surface area contributed by atoms with Crippen LogP contribution in [-0.2, 0) is 6.54 Å². The molecule has 0 aliphatic carbocycles. The van der Waals surface area contributed by atoms with Crippen LogP contribution in [0, 0.1) is 5.82 Å². The summed E-state index contributed by atoms with van der Waals surface area (Å²) < 4.78 is 24.3. The van der Waals surface area contributed by atoms with E-state index in [2.05, 4.69) is 20.5 Å². The van der Waals surface area contributed by atoms with Gasteiger partial charge in [0.25, 0.3) is 5.91 Å². The summed E-state index contributed by atoms with van der Waals surface area (Å²) in [4.78, 5) is 17.1. The smallest absolute Gasteiger partial charge is 0.255 e. The minimum absolute atomic E-state index is 0.158. The van der Waals surface area contributed by atoms with Crippen molar-refractivity contribution in [1.82, 2.24) is 20.5 Å². The Morgan fingerprint density at radius 3 is 2.75 bits per heavy atom. The molecule has 0 radical (unpaired) electrons. The van der Waals surface area contributed by atoms with Crippen LogP contribution in [-0.4, -0.2) is 35.3 Å². The van der Waals surface area contributed by atoms with Gasteiger partial charge in [-0.2, -0.15) is 5.10 Å².